The van der Waals surface area contributed by atoms with E-state index in [4.69, 9.17) is 0 Å². The summed E-state index contributed by atoms with van der Waals surface area (Å²) in [6.07, 6.45) is 1.47. The van der Waals surface area contributed by atoms with Crippen molar-refractivity contribution in [3.8, 4) is 11.1 Å². The molecule has 2 aliphatic carbocycles. The van der Waals surface area contributed by atoms with Crippen molar-refractivity contribution >= 4 is 11.6 Å². The highest BCUT2D eigenvalue weighted by atomic mass is 35.5. The summed E-state index contributed by atoms with van der Waals surface area (Å²) in [5.41, 5.74) is 5.89. The summed E-state index contributed by atoms with van der Waals surface area (Å²) >= 11 is 4.64. The second kappa shape index (κ2) is 2.63. The summed E-state index contributed by atoms with van der Waals surface area (Å²) < 4.78 is 0. The molecule has 0 radical (unpaired) electrons. The molecule has 0 aromatic heterocycles. The van der Waals surface area contributed by atoms with Crippen molar-refractivity contribution in [3.63, 3.8) is 0 Å². The maximum Gasteiger partial charge on any atom is 0.0108 e. The normalized spacial score (nSPS) is 10.0. The number of hydrogen-bond donors (Lipinski definition) is 0. The van der Waals surface area contributed by atoms with Crippen LogP contribution in [-0.2, 0) is 0 Å². The van der Waals surface area contributed by atoms with Crippen molar-refractivity contribution < 1.29 is 0 Å². The van der Waals surface area contributed by atoms with E-state index in [-0.39, 0.29) is 0 Å². The second-order valence-corrected chi connectivity index (χ2v) is 2.49. The van der Waals surface area contributed by atoms with Gasteiger partial charge >= 0.3 is 0 Å². The molecule has 0 aliphatic heterocycles. The summed E-state index contributed by atoms with van der Waals surface area (Å²) in [5, 5.41) is 0. The van der Waals surface area contributed by atoms with Crippen LogP contribution in [0.2, 0.25) is 0 Å². The van der Waals surface area contributed by atoms with Crippen molar-refractivity contribution in [2.24, 2.45) is 0 Å². The summed E-state index contributed by atoms with van der Waals surface area (Å²) in [5.74, 6) is 0. The van der Waals surface area contributed by atoms with Crippen molar-refractivity contribution in [2.45, 2.75) is 13.8 Å². The van der Waals surface area contributed by atoms with Gasteiger partial charge in [0.1, 0.15) is 0 Å². The van der Waals surface area contributed by atoms with Crippen LogP contribution in [0.5, 0.6) is 0 Å². The van der Waals surface area contributed by atoms with E-state index in [1.54, 1.807) is 0 Å². The molecule has 0 bridgehead atoms. The highest BCUT2D eigenvalue weighted by Crippen LogP contribution is 2.39. The number of fused-ring (bicyclic) bond motifs is 1. The van der Waals surface area contributed by atoms with Gasteiger partial charge in [0.15, 0.2) is 0 Å². The Hall–Kier alpha value is -0.490. The number of rotatable bonds is 0. The van der Waals surface area contributed by atoms with Crippen molar-refractivity contribution in [1.82, 2.24) is 0 Å². The van der Waals surface area contributed by atoms with Crippen LogP contribution >= 0.6 is 11.6 Å². The van der Waals surface area contributed by atoms with Crippen LogP contribution in [-0.4, -0.2) is 6.38 Å². The van der Waals surface area contributed by atoms with Gasteiger partial charge in [0.2, 0.25) is 0 Å². The lowest BCUT2D eigenvalue weighted by molar-refractivity contribution is 1.30. The van der Waals surface area contributed by atoms with Gasteiger partial charge in [-0.05, 0) is 36.1 Å². The van der Waals surface area contributed by atoms with Gasteiger partial charge in [-0.1, -0.05) is 12.1 Å². The minimum Gasteiger partial charge on any atom is -0.130 e. The van der Waals surface area contributed by atoms with E-state index < -0.39 is 0 Å². The Bertz CT molecular complexity index is 228. The van der Waals surface area contributed by atoms with Crippen LogP contribution in [0.25, 0.3) is 11.1 Å². The van der Waals surface area contributed by atoms with Crippen LogP contribution in [0.4, 0.5) is 0 Å². The monoisotopic (exact) mass is 154 g/mol. The van der Waals surface area contributed by atoms with Crippen LogP contribution in [0.1, 0.15) is 11.1 Å². The van der Waals surface area contributed by atoms with Gasteiger partial charge in [-0.2, -0.15) is 0 Å². The van der Waals surface area contributed by atoms with Gasteiger partial charge in [0.05, 0.1) is 0 Å². The highest BCUT2D eigenvalue weighted by Gasteiger charge is 2.16. The minimum atomic E-state index is 1.46. The van der Waals surface area contributed by atoms with Gasteiger partial charge in [-0.3, -0.25) is 0 Å². The average molecular weight is 155 g/mol. The molecule has 1 heteroatoms. The van der Waals surface area contributed by atoms with Gasteiger partial charge in [0.25, 0.3) is 0 Å². The number of halogens is 1. The molecule has 2 aliphatic rings. The fraction of sp³-hybridized carbons (Fsp3) is 0.333. The number of alkyl halides is 1. The predicted molar refractivity (Wildman–Crippen MR) is 46.7 cm³/mol. The average Bonchev–Trinajstić information content (AvgIpc) is 1.89. The zero-order valence-electron chi connectivity index (χ0n) is 6.53. The summed E-state index contributed by atoms with van der Waals surface area (Å²) in [6, 6.07) is 4.45. The fourth-order valence-electron chi connectivity index (χ4n) is 1.41. The first-order valence-electron chi connectivity index (χ1n) is 3.28. The Balaban J connectivity index is 0.000000231. The quantitative estimate of drug-likeness (QED) is 0.512. The van der Waals surface area contributed by atoms with Crippen molar-refractivity contribution in [2.75, 3.05) is 6.38 Å². The third-order valence-corrected chi connectivity index (χ3v) is 1.82. The van der Waals surface area contributed by atoms with E-state index in [9.17, 15) is 0 Å². The number of benzene rings is 1. The Morgan fingerprint density at radius 3 is 1.50 bits per heavy atom. The Morgan fingerprint density at radius 2 is 1.40 bits per heavy atom. The second-order valence-electron chi connectivity index (χ2n) is 2.49. The zero-order valence-corrected chi connectivity index (χ0v) is 7.29. The molecule has 0 N–H and O–H groups in total. The van der Waals surface area contributed by atoms with Gasteiger partial charge in [0, 0.05) is 6.38 Å². The Kier molecular flexibility index (Phi) is 2.00. The van der Waals surface area contributed by atoms with Crippen LogP contribution in [0, 0.1) is 13.8 Å². The molecule has 0 saturated heterocycles. The van der Waals surface area contributed by atoms with Crippen LogP contribution < -0.4 is 0 Å². The Morgan fingerprint density at radius 1 is 1.00 bits per heavy atom. The van der Waals surface area contributed by atoms with E-state index in [1.807, 2.05) is 0 Å². The van der Waals surface area contributed by atoms with E-state index in [0.717, 1.165) is 0 Å². The highest BCUT2D eigenvalue weighted by molar-refractivity contribution is 6.15. The molecule has 0 saturated carbocycles. The van der Waals surface area contributed by atoms with E-state index >= 15 is 0 Å². The van der Waals surface area contributed by atoms with Crippen LogP contribution in [0.3, 0.4) is 0 Å². The van der Waals surface area contributed by atoms with Gasteiger partial charge < -0.3 is 0 Å². The SMILES string of the molecule is CCl.Cc1cc2cc(C)c1-2. The molecule has 0 atom stereocenters. The van der Waals surface area contributed by atoms with Crippen LogP contribution in [0.15, 0.2) is 12.1 Å². The molecular weight excluding hydrogens is 144 g/mol. The minimum absolute atomic E-state index is 1.46. The summed E-state index contributed by atoms with van der Waals surface area (Å²) in [6.45, 7) is 4.32. The zero-order chi connectivity index (χ0) is 7.72. The fourth-order valence-corrected chi connectivity index (χ4v) is 1.41. The lowest BCUT2D eigenvalue weighted by atomic mass is 9.82. The molecule has 0 aromatic rings. The third-order valence-electron chi connectivity index (χ3n) is 1.82. The van der Waals surface area contributed by atoms with E-state index in [2.05, 4.69) is 37.6 Å². The summed E-state index contributed by atoms with van der Waals surface area (Å²) in [4.78, 5) is 0. The molecule has 54 valence electrons. The van der Waals surface area contributed by atoms with Gasteiger partial charge in [-0.15, -0.1) is 11.6 Å². The molecule has 0 aromatic carbocycles. The molecule has 0 fully saturated rings. The smallest absolute Gasteiger partial charge is 0.0108 e. The molecule has 0 nitrogen and oxygen atoms in total. The number of aryl methyl sites for hydroxylation is 2. The molecule has 0 amide bonds. The maximum absolute atomic E-state index is 4.64. The molecule has 10 heavy (non-hydrogen) atoms. The first-order valence-corrected chi connectivity index (χ1v) is 4.04. The lowest BCUT2D eigenvalue weighted by Gasteiger charge is -2.22. The maximum atomic E-state index is 4.64. The molecule has 0 spiro atoms. The first kappa shape index (κ1) is 7.62. The van der Waals surface area contributed by atoms with Gasteiger partial charge in [-0.25, -0.2) is 0 Å². The number of hydrogen-bond acceptors (Lipinski definition) is 0. The standard InChI is InChI=1S/C8H8.CH3Cl/c1-5-3-7-4-6(2)8(5)7;1-2/h3-4H,1-2H3;1H3. The topological polar surface area (TPSA) is 0 Å². The molecule has 0 unspecified atom stereocenters. The molecular formula is C9H11Cl. The third kappa shape index (κ3) is 0.836. The first-order chi connectivity index (χ1) is 4.79. The van der Waals surface area contributed by atoms with Crippen molar-refractivity contribution in [1.29, 1.82) is 0 Å². The summed E-state index contributed by atoms with van der Waals surface area (Å²) in [7, 11) is 0. The predicted octanol–water partition coefficient (Wildman–Crippen LogP) is 3.14. The Labute approximate surface area is 66.8 Å². The van der Waals surface area contributed by atoms with Crippen molar-refractivity contribution in [3.05, 3.63) is 23.3 Å². The van der Waals surface area contributed by atoms with E-state index in [1.165, 1.54) is 28.6 Å². The molecule has 2 rings (SSSR count). The largest absolute Gasteiger partial charge is 0.130 e. The molecule has 0 heterocycles. The van der Waals surface area contributed by atoms with E-state index in [0.29, 0.717) is 0 Å². The lowest BCUT2D eigenvalue weighted by Crippen LogP contribution is -1.99.